The molecule has 94 valence electrons. The van der Waals surface area contributed by atoms with Crippen LogP contribution in [0.3, 0.4) is 0 Å². The predicted octanol–water partition coefficient (Wildman–Crippen LogP) is 3.42. The van der Waals surface area contributed by atoms with Crippen molar-refractivity contribution in [2.24, 2.45) is 0 Å². The Balaban J connectivity index is 2.20. The molecule has 0 aromatic carbocycles. The molecule has 0 radical (unpaired) electrons. The first-order valence-electron chi connectivity index (χ1n) is 5.56. The fraction of sp³-hybridized carbons (Fsp3) is 0.250. The van der Waals surface area contributed by atoms with Crippen LogP contribution in [0.4, 0.5) is 5.82 Å². The van der Waals surface area contributed by atoms with Crippen molar-refractivity contribution in [2.45, 2.75) is 23.9 Å². The highest BCUT2D eigenvalue weighted by atomic mass is 35.5. The molecule has 2 heterocycles. The van der Waals surface area contributed by atoms with Gasteiger partial charge in [-0.2, -0.15) is 0 Å². The summed E-state index contributed by atoms with van der Waals surface area (Å²) in [5.74, 6) is 1.58. The lowest BCUT2D eigenvalue weighted by Gasteiger charge is -2.06. The number of anilines is 1. The summed E-state index contributed by atoms with van der Waals surface area (Å²) in [4.78, 5) is 12.9. The average molecular weight is 281 g/mol. The molecule has 0 aliphatic heterocycles. The second kappa shape index (κ2) is 6.02. The van der Waals surface area contributed by atoms with Gasteiger partial charge in [-0.1, -0.05) is 11.6 Å². The maximum Gasteiger partial charge on any atom is 0.130 e. The first-order chi connectivity index (χ1) is 8.67. The third kappa shape index (κ3) is 3.58. The minimum atomic E-state index is 0.631. The molecule has 2 aromatic heterocycles. The second-order valence-electron chi connectivity index (χ2n) is 3.59. The Bertz CT molecular complexity index is 530. The summed E-state index contributed by atoms with van der Waals surface area (Å²) in [5.41, 5.74) is 0. The third-order valence-corrected chi connectivity index (χ3v) is 3.17. The Morgan fingerprint density at radius 3 is 2.78 bits per heavy atom. The van der Waals surface area contributed by atoms with E-state index in [2.05, 4.69) is 20.3 Å². The maximum absolute atomic E-state index is 5.80. The van der Waals surface area contributed by atoms with Gasteiger partial charge in [0.15, 0.2) is 0 Å². The van der Waals surface area contributed by atoms with Crippen LogP contribution in [0.1, 0.15) is 12.7 Å². The van der Waals surface area contributed by atoms with Crippen LogP contribution < -0.4 is 5.32 Å². The second-order valence-corrected chi connectivity index (χ2v) is 5.06. The molecule has 2 rings (SSSR count). The van der Waals surface area contributed by atoms with E-state index < -0.39 is 0 Å². The van der Waals surface area contributed by atoms with Gasteiger partial charge < -0.3 is 5.32 Å². The van der Waals surface area contributed by atoms with Gasteiger partial charge in [-0.05, 0) is 37.7 Å². The summed E-state index contributed by atoms with van der Waals surface area (Å²) in [6.45, 7) is 4.74. The molecular weight excluding hydrogens is 268 g/mol. The van der Waals surface area contributed by atoms with Crippen molar-refractivity contribution in [2.75, 3.05) is 11.9 Å². The van der Waals surface area contributed by atoms with Crippen LogP contribution in [-0.2, 0) is 0 Å². The topological polar surface area (TPSA) is 50.7 Å². The number of pyridine rings is 1. The van der Waals surface area contributed by atoms with Gasteiger partial charge in [0.05, 0.1) is 5.02 Å². The van der Waals surface area contributed by atoms with Gasteiger partial charge >= 0.3 is 0 Å². The van der Waals surface area contributed by atoms with Crippen molar-refractivity contribution in [3.63, 3.8) is 0 Å². The number of hydrogen-bond acceptors (Lipinski definition) is 5. The van der Waals surface area contributed by atoms with E-state index in [1.165, 1.54) is 11.8 Å². The minimum absolute atomic E-state index is 0.631. The van der Waals surface area contributed by atoms with Gasteiger partial charge in [0.25, 0.3) is 0 Å². The van der Waals surface area contributed by atoms with Crippen LogP contribution in [-0.4, -0.2) is 21.5 Å². The quantitative estimate of drug-likeness (QED) is 0.870. The Morgan fingerprint density at radius 2 is 2.11 bits per heavy atom. The molecule has 0 spiro atoms. The van der Waals surface area contributed by atoms with E-state index in [0.717, 1.165) is 28.2 Å². The summed E-state index contributed by atoms with van der Waals surface area (Å²) in [6, 6.07) is 5.60. The van der Waals surface area contributed by atoms with E-state index in [-0.39, 0.29) is 0 Å². The Morgan fingerprint density at radius 1 is 1.28 bits per heavy atom. The highest BCUT2D eigenvalue weighted by Crippen LogP contribution is 2.26. The Kier molecular flexibility index (Phi) is 4.38. The zero-order valence-electron chi connectivity index (χ0n) is 10.1. The van der Waals surface area contributed by atoms with Crippen LogP contribution >= 0.6 is 23.4 Å². The van der Waals surface area contributed by atoms with Crippen molar-refractivity contribution in [3.8, 4) is 0 Å². The fourth-order valence-corrected chi connectivity index (χ4v) is 2.31. The van der Waals surface area contributed by atoms with E-state index in [4.69, 9.17) is 11.6 Å². The number of aryl methyl sites for hydroxylation is 1. The summed E-state index contributed by atoms with van der Waals surface area (Å²) in [5, 5.41) is 5.54. The first kappa shape index (κ1) is 13.1. The smallest absolute Gasteiger partial charge is 0.130 e. The summed E-state index contributed by atoms with van der Waals surface area (Å²) >= 11 is 7.29. The van der Waals surface area contributed by atoms with Crippen LogP contribution in [0.5, 0.6) is 0 Å². The SMILES string of the molecule is CCNc1cc(Sc2ccc(Cl)cn2)nc(C)n1. The average Bonchev–Trinajstić information content (AvgIpc) is 2.32. The lowest BCUT2D eigenvalue weighted by Crippen LogP contribution is -2.02. The highest BCUT2D eigenvalue weighted by Gasteiger charge is 2.04. The number of nitrogens with one attached hydrogen (secondary N) is 1. The van der Waals surface area contributed by atoms with E-state index >= 15 is 0 Å². The van der Waals surface area contributed by atoms with Gasteiger partial charge in [-0.25, -0.2) is 15.0 Å². The molecule has 18 heavy (non-hydrogen) atoms. The molecule has 0 amide bonds. The molecule has 0 bridgehead atoms. The monoisotopic (exact) mass is 280 g/mol. The van der Waals surface area contributed by atoms with Crippen LogP contribution in [0.15, 0.2) is 34.4 Å². The molecule has 0 unspecified atom stereocenters. The number of halogens is 1. The van der Waals surface area contributed by atoms with Crippen molar-refractivity contribution < 1.29 is 0 Å². The maximum atomic E-state index is 5.80. The normalized spacial score (nSPS) is 10.4. The van der Waals surface area contributed by atoms with Crippen LogP contribution in [0, 0.1) is 6.92 Å². The zero-order valence-corrected chi connectivity index (χ0v) is 11.7. The molecule has 0 fully saturated rings. The molecule has 0 saturated heterocycles. The van der Waals surface area contributed by atoms with Crippen molar-refractivity contribution >= 4 is 29.2 Å². The molecule has 0 atom stereocenters. The van der Waals surface area contributed by atoms with Gasteiger partial charge in [0.2, 0.25) is 0 Å². The molecule has 1 N–H and O–H groups in total. The summed E-state index contributed by atoms with van der Waals surface area (Å²) in [6.07, 6.45) is 1.63. The Labute approximate surface area is 115 Å². The number of nitrogens with zero attached hydrogens (tertiary/aromatic N) is 3. The molecule has 0 saturated carbocycles. The molecular formula is C12H13ClN4S. The predicted molar refractivity (Wildman–Crippen MR) is 74.3 cm³/mol. The molecule has 6 heteroatoms. The van der Waals surface area contributed by atoms with Crippen molar-refractivity contribution in [1.82, 2.24) is 15.0 Å². The fourth-order valence-electron chi connectivity index (χ4n) is 1.39. The van der Waals surface area contributed by atoms with Gasteiger partial charge in [-0.3, -0.25) is 0 Å². The van der Waals surface area contributed by atoms with Gasteiger partial charge in [-0.15, -0.1) is 0 Å². The highest BCUT2D eigenvalue weighted by molar-refractivity contribution is 7.99. The largest absolute Gasteiger partial charge is 0.370 e. The molecule has 2 aromatic rings. The number of hydrogen-bond donors (Lipinski definition) is 1. The molecule has 0 aliphatic rings. The number of rotatable bonds is 4. The van der Waals surface area contributed by atoms with E-state index in [0.29, 0.717) is 5.02 Å². The molecule has 4 nitrogen and oxygen atoms in total. The van der Waals surface area contributed by atoms with Gasteiger partial charge in [0, 0.05) is 18.8 Å². The lowest BCUT2D eigenvalue weighted by molar-refractivity contribution is 0.957. The van der Waals surface area contributed by atoms with E-state index in [1.807, 2.05) is 32.0 Å². The minimum Gasteiger partial charge on any atom is -0.370 e. The van der Waals surface area contributed by atoms with E-state index in [9.17, 15) is 0 Å². The van der Waals surface area contributed by atoms with Gasteiger partial charge in [0.1, 0.15) is 21.7 Å². The van der Waals surface area contributed by atoms with Crippen LogP contribution in [0.25, 0.3) is 0 Å². The Hall–Kier alpha value is -1.33. The first-order valence-corrected chi connectivity index (χ1v) is 6.76. The van der Waals surface area contributed by atoms with Crippen molar-refractivity contribution in [3.05, 3.63) is 35.2 Å². The standard InChI is InChI=1S/C12H13ClN4S/c1-3-14-10-6-12(17-8(2)16-10)18-11-5-4-9(13)7-15-11/h4-7H,3H2,1-2H3,(H,14,16,17). The summed E-state index contributed by atoms with van der Waals surface area (Å²) < 4.78 is 0. The van der Waals surface area contributed by atoms with E-state index in [1.54, 1.807) is 6.20 Å². The lowest BCUT2D eigenvalue weighted by atomic mass is 10.5. The zero-order chi connectivity index (χ0) is 13.0. The van der Waals surface area contributed by atoms with Crippen molar-refractivity contribution in [1.29, 1.82) is 0 Å². The molecule has 0 aliphatic carbocycles. The summed E-state index contributed by atoms with van der Waals surface area (Å²) in [7, 11) is 0. The number of aromatic nitrogens is 3. The third-order valence-electron chi connectivity index (χ3n) is 2.08. The van der Waals surface area contributed by atoms with Crippen LogP contribution in [0.2, 0.25) is 5.02 Å².